The van der Waals surface area contributed by atoms with Gasteiger partial charge >= 0.3 is 10.1 Å². The fraction of sp³-hybridized carbons (Fsp3) is 0.240. The highest BCUT2D eigenvalue weighted by Gasteiger charge is 2.59. The van der Waals surface area contributed by atoms with Crippen LogP contribution in [0, 0.1) is 5.41 Å². The van der Waals surface area contributed by atoms with Gasteiger partial charge in [-0.2, -0.15) is 12.7 Å². The first-order chi connectivity index (χ1) is 16.6. The van der Waals surface area contributed by atoms with Crippen LogP contribution in [0.1, 0.15) is 31.4 Å². The normalized spacial score (nSPS) is 24.7. The van der Waals surface area contributed by atoms with E-state index in [-0.39, 0.29) is 27.9 Å². The molecule has 2 aliphatic rings. The molecule has 10 heteroatoms. The highest BCUT2D eigenvalue weighted by Crippen LogP contribution is 2.54. The lowest BCUT2D eigenvalue weighted by atomic mass is 9.83. The first-order valence-electron chi connectivity index (χ1n) is 11.1. The molecule has 35 heavy (non-hydrogen) atoms. The molecule has 1 amide bonds. The first-order valence-corrected chi connectivity index (χ1v) is 13.9. The highest BCUT2D eigenvalue weighted by atomic mass is 32.2. The number of carbonyl (C=O) groups is 1. The third-order valence-corrected chi connectivity index (χ3v) is 9.71. The van der Waals surface area contributed by atoms with E-state index < -0.39 is 37.8 Å². The van der Waals surface area contributed by atoms with E-state index >= 15 is 0 Å². The zero-order chi connectivity index (χ0) is 24.8. The van der Waals surface area contributed by atoms with Crippen molar-refractivity contribution in [2.24, 2.45) is 5.41 Å². The van der Waals surface area contributed by atoms with Gasteiger partial charge in [0, 0.05) is 17.4 Å². The molecule has 5 rings (SSSR count). The Bertz CT molecular complexity index is 1480. The van der Waals surface area contributed by atoms with Crippen LogP contribution in [-0.2, 0) is 24.9 Å². The Balaban J connectivity index is 1.61. The fourth-order valence-electron chi connectivity index (χ4n) is 4.96. The molecule has 8 nitrogen and oxygen atoms in total. The van der Waals surface area contributed by atoms with Gasteiger partial charge in [0.1, 0.15) is 16.8 Å². The SMILES string of the molecule is CC12CC(=O)NC1N(S(=O)(=O)c1ccccc1)C(c1ccccc1OS(=O)(=O)c1ccccc1)C2. The molecule has 0 bridgehead atoms. The Kier molecular flexibility index (Phi) is 5.70. The van der Waals surface area contributed by atoms with Crippen LogP contribution in [-0.4, -0.2) is 33.2 Å². The lowest BCUT2D eigenvalue weighted by Gasteiger charge is -2.30. The van der Waals surface area contributed by atoms with Crippen molar-refractivity contribution in [3.63, 3.8) is 0 Å². The number of fused-ring (bicyclic) bond motifs is 1. The van der Waals surface area contributed by atoms with Gasteiger partial charge in [-0.1, -0.05) is 61.5 Å². The molecule has 0 aromatic heterocycles. The van der Waals surface area contributed by atoms with E-state index in [1.54, 1.807) is 54.6 Å². The van der Waals surface area contributed by atoms with Gasteiger partial charge in [-0.15, -0.1) is 0 Å². The molecular formula is C25H24N2O6S2. The third-order valence-electron chi connectivity index (χ3n) is 6.57. The highest BCUT2D eigenvalue weighted by molar-refractivity contribution is 7.89. The van der Waals surface area contributed by atoms with Crippen LogP contribution < -0.4 is 9.50 Å². The minimum Gasteiger partial charge on any atom is -0.379 e. The molecule has 3 unspecified atom stereocenters. The van der Waals surface area contributed by atoms with Gasteiger partial charge in [-0.3, -0.25) is 4.79 Å². The number of benzene rings is 3. The number of hydrogen-bond acceptors (Lipinski definition) is 6. The Morgan fingerprint density at radius 2 is 1.43 bits per heavy atom. The van der Waals surface area contributed by atoms with Crippen LogP contribution in [0.4, 0.5) is 0 Å². The topological polar surface area (TPSA) is 110 Å². The van der Waals surface area contributed by atoms with E-state index in [4.69, 9.17) is 4.18 Å². The van der Waals surface area contributed by atoms with E-state index in [0.29, 0.717) is 12.0 Å². The summed E-state index contributed by atoms with van der Waals surface area (Å²) in [5.74, 6) is -0.176. The van der Waals surface area contributed by atoms with E-state index in [9.17, 15) is 21.6 Å². The van der Waals surface area contributed by atoms with E-state index in [2.05, 4.69) is 5.32 Å². The van der Waals surface area contributed by atoms with Gasteiger partial charge in [0.2, 0.25) is 15.9 Å². The number of carbonyl (C=O) groups excluding carboxylic acids is 1. The molecule has 3 atom stereocenters. The number of nitrogens with one attached hydrogen (secondary N) is 1. The summed E-state index contributed by atoms with van der Waals surface area (Å²) in [7, 11) is -8.20. The lowest BCUT2D eigenvalue weighted by Crippen LogP contribution is -2.47. The number of rotatable bonds is 6. The lowest BCUT2D eigenvalue weighted by molar-refractivity contribution is -0.120. The fourth-order valence-corrected chi connectivity index (χ4v) is 7.79. The second-order valence-electron chi connectivity index (χ2n) is 9.06. The molecule has 2 aliphatic heterocycles. The van der Waals surface area contributed by atoms with Crippen LogP contribution in [0.5, 0.6) is 5.75 Å². The van der Waals surface area contributed by atoms with Crippen LogP contribution in [0.3, 0.4) is 0 Å². The Labute approximate surface area is 204 Å². The molecule has 3 aromatic carbocycles. The standard InChI is InChI=1S/C25H24N2O6S2/c1-25-16-21(20-14-8-9-15-22(20)33-35(31,32)19-12-6-3-7-13-19)27(24(25)26-23(28)17-25)34(29,30)18-10-4-2-5-11-18/h2-15,21,24H,16-17H2,1H3,(H,26,28). The maximum Gasteiger partial charge on any atom is 0.339 e. The summed E-state index contributed by atoms with van der Waals surface area (Å²) in [4.78, 5) is 12.4. The van der Waals surface area contributed by atoms with Gasteiger partial charge in [-0.05, 0) is 36.8 Å². The van der Waals surface area contributed by atoms with Gasteiger partial charge in [0.05, 0.1) is 10.9 Å². The molecule has 0 radical (unpaired) electrons. The van der Waals surface area contributed by atoms with Crippen LogP contribution in [0.15, 0.2) is 94.7 Å². The number of nitrogens with zero attached hydrogens (tertiary/aromatic N) is 1. The molecule has 3 aromatic rings. The van der Waals surface area contributed by atoms with Crippen LogP contribution in [0.2, 0.25) is 0 Å². The molecule has 182 valence electrons. The maximum absolute atomic E-state index is 13.8. The second kappa shape index (κ2) is 8.47. The molecule has 0 spiro atoms. The largest absolute Gasteiger partial charge is 0.379 e. The van der Waals surface area contributed by atoms with Crippen LogP contribution >= 0.6 is 0 Å². The summed E-state index contributed by atoms with van der Waals surface area (Å²) >= 11 is 0. The van der Waals surface area contributed by atoms with E-state index in [1.165, 1.54) is 34.6 Å². The van der Waals surface area contributed by atoms with Crippen molar-refractivity contribution >= 4 is 26.0 Å². The van der Waals surface area contributed by atoms with Crippen molar-refractivity contribution in [1.82, 2.24) is 9.62 Å². The molecule has 1 N–H and O–H groups in total. The van der Waals surface area contributed by atoms with Crippen LogP contribution in [0.25, 0.3) is 0 Å². The quantitative estimate of drug-likeness (QED) is 0.507. The summed E-state index contributed by atoms with van der Waals surface area (Å²) in [6, 6.07) is 21.5. The van der Waals surface area contributed by atoms with E-state index in [0.717, 1.165) is 0 Å². The first kappa shape index (κ1) is 23.5. The Hall–Kier alpha value is -3.21. The molecule has 0 aliphatic carbocycles. The number of sulfonamides is 1. The van der Waals surface area contributed by atoms with Gasteiger partial charge in [0.15, 0.2) is 0 Å². The maximum atomic E-state index is 13.8. The van der Waals surface area contributed by atoms with Crippen molar-refractivity contribution in [2.45, 2.75) is 41.8 Å². The van der Waals surface area contributed by atoms with Gasteiger partial charge < -0.3 is 9.50 Å². The molecule has 2 saturated heterocycles. The third kappa shape index (κ3) is 4.11. The summed E-state index contributed by atoms with van der Waals surface area (Å²) in [5.41, 5.74) is -0.258. The molecule has 0 saturated carbocycles. The molecule has 2 heterocycles. The predicted molar refractivity (Wildman–Crippen MR) is 128 cm³/mol. The van der Waals surface area contributed by atoms with Crippen molar-refractivity contribution in [2.75, 3.05) is 0 Å². The molecular weight excluding hydrogens is 488 g/mol. The molecule has 2 fully saturated rings. The summed E-state index contributed by atoms with van der Waals surface area (Å²) < 4.78 is 60.4. The predicted octanol–water partition coefficient (Wildman–Crippen LogP) is 3.44. The van der Waals surface area contributed by atoms with Gasteiger partial charge in [0.25, 0.3) is 0 Å². The zero-order valence-corrected chi connectivity index (χ0v) is 20.5. The summed E-state index contributed by atoms with van der Waals surface area (Å²) in [6.07, 6.45) is -0.293. The van der Waals surface area contributed by atoms with Gasteiger partial charge in [-0.25, -0.2) is 8.42 Å². The summed E-state index contributed by atoms with van der Waals surface area (Å²) in [6.45, 7) is 1.87. The number of hydrogen-bond donors (Lipinski definition) is 1. The van der Waals surface area contributed by atoms with Crippen molar-refractivity contribution in [1.29, 1.82) is 0 Å². The Morgan fingerprint density at radius 3 is 2.09 bits per heavy atom. The van der Waals surface area contributed by atoms with Crippen molar-refractivity contribution in [3.05, 3.63) is 90.5 Å². The zero-order valence-electron chi connectivity index (χ0n) is 18.9. The average Bonchev–Trinajstić information content (AvgIpc) is 3.28. The average molecular weight is 513 g/mol. The van der Waals surface area contributed by atoms with Crippen molar-refractivity contribution in [3.8, 4) is 5.75 Å². The van der Waals surface area contributed by atoms with Crippen molar-refractivity contribution < 1.29 is 25.8 Å². The minimum atomic E-state index is -4.15. The number of para-hydroxylation sites is 1. The monoisotopic (exact) mass is 512 g/mol. The Morgan fingerprint density at radius 1 is 0.857 bits per heavy atom. The van der Waals surface area contributed by atoms with E-state index in [1.807, 2.05) is 6.92 Å². The smallest absolute Gasteiger partial charge is 0.339 e. The number of amides is 1. The summed E-state index contributed by atoms with van der Waals surface area (Å²) in [5, 5.41) is 2.82. The second-order valence-corrected chi connectivity index (χ2v) is 12.4. The minimum absolute atomic E-state index is 0.00826.